The number of halogens is 3. The first-order valence-electron chi connectivity index (χ1n) is 6.62. The smallest absolute Gasteiger partial charge is 0.266 e. The van der Waals surface area contributed by atoms with Crippen LogP contribution in [0.15, 0.2) is 56.3 Å². The first-order chi connectivity index (χ1) is 10.2. The average Bonchev–Trinajstić information content (AvgIpc) is 2.46. The highest BCUT2D eigenvalue weighted by molar-refractivity contribution is 6.19. The van der Waals surface area contributed by atoms with Gasteiger partial charge in [-0.2, -0.15) is 0 Å². The van der Waals surface area contributed by atoms with Crippen LogP contribution >= 0.6 is 11.6 Å². The van der Waals surface area contributed by atoms with Gasteiger partial charge in [0.25, 0.3) is 5.92 Å². The molecule has 0 unspecified atom stereocenters. The second-order valence-electron chi connectivity index (χ2n) is 4.75. The fourth-order valence-electron chi connectivity index (χ4n) is 1.46. The van der Waals surface area contributed by atoms with E-state index in [1.54, 1.807) is 19.9 Å². The molecule has 0 rings (SSSR count). The standard InChI is InChI=1S/C16H22ClF2N3/c1-6-13(15(11(2)9-17)22-10-21-5)14(20)8-7-12(3)16(4,18)19/h6-8,10H,5,9,20H2,1-4H3/b12-7+,13-6+,14-8+,15-11-,22-10-. The summed E-state index contributed by atoms with van der Waals surface area (Å²) >= 11 is 5.84. The van der Waals surface area contributed by atoms with Gasteiger partial charge >= 0.3 is 0 Å². The number of hydrogen-bond donors (Lipinski definition) is 1. The van der Waals surface area contributed by atoms with Crippen molar-refractivity contribution in [3.63, 3.8) is 0 Å². The molecule has 0 aromatic heterocycles. The zero-order valence-electron chi connectivity index (χ0n) is 13.3. The number of aliphatic imine (C=N–C) groups is 2. The molecule has 0 bridgehead atoms. The second-order valence-corrected chi connectivity index (χ2v) is 5.02. The summed E-state index contributed by atoms with van der Waals surface area (Å²) < 4.78 is 26.3. The molecule has 0 aromatic carbocycles. The van der Waals surface area contributed by atoms with Gasteiger partial charge in [0.15, 0.2) is 0 Å². The van der Waals surface area contributed by atoms with Crippen molar-refractivity contribution in [2.45, 2.75) is 33.6 Å². The molecule has 0 aromatic rings. The quantitative estimate of drug-likeness (QED) is 0.315. The van der Waals surface area contributed by atoms with Gasteiger partial charge in [0, 0.05) is 24.1 Å². The molecular formula is C16H22ClF2N3. The minimum atomic E-state index is -2.89. The summed E-state index contributed by atoms with van der Waals surface area (Å²) in [6.45, 7) is 9.09. The Morgan fingerprint density at radius 3 is 2.32 bits per heavy atom. The van der Waals surface area contributed by atoms with Crippen LogP contribution in [0, 0.1) is 0 Å². The van der Waals surface area contributed by atoms with Gasteiger partial charge < -0.3 is 5.73 Å². The molecule has 0 spiro atoms. The first-order valence-corrected chi connectivity index (χ1v) is 7.15. The summed E-state index contributed by atoms with van der Waals surface area (Å²) in [4.78, 5) is 7.72. The lowest BCUT2D eigenvalue weighted by atomic mass is 10.0. The Hall–Kier alpha value is -1.75. The van der Waals surface area contributed by atoms with Crippen LogP contribution in [0.4, 0.5) is 8.78 Å². The predicted molar refractivity (Wildman–Crippen MR) is 91.9 cm³/mol. The third-order valence-electron chi connectivity index (χ3n) is 2.93. The third kappa shape index (κ3) is 6.35. The van der Waals surface area contributed by atoms with E-state index in [-0.39, 0.29) is 11.5 Å². The highest BCUT2D eigenvalue weighted by Gasteiger charge is 2.22. The first kappa shape index (κ1) is 20.2. The van der Waals surface area contributed by atoms with Crippen molar-refractivity contribution in [2.75, 3.05) is 5.88 Å². The van der Waals surface area contributed by atoms with Crippen molar-refractivity contribution in [1.29, 1.82) is 0 Å². The summed E-state index contributed by atoms with van der Waals surface area (Å²) in [5.41, 5.74) is 8.15. The Balaban J connectivity index is 5.77. The topological polar surface area (TPSA) is 50.7 Å². The zero-order chi connectivity index (χ0) is 17.3. The van der Waals surface area contributed by atoms with Gasteiger partial charge in [0.2, 0.25) is 0 Å². The molecule has 0 aliphatic carbocycles. The summed E-state index contributed by atoms with van der Waals surface area (Å²) in [5.74, 6) is -2.63. The monoisotopic (exact) mass is 329 g/mol. The fourth-order valence-corrected chi connectivity index (χ4v) is 1.59. The van der Waals surface area contributed by atoms with Gasteiger partial charge in [0.05, 0.1) is 5.70 Å². The van der Waals surface area contributed by atoms with Crippen LogP contribution < -0.4 is 5.73 Å². The minimum Gasteiger partial charge on any atom is -0.398 e. The molecule has 0 fully saturated rings. The Bertz CT molecular complexity index is 550. The van der Waals surface area contributed by atoms with Gasteiger partial charge in [-0.05, 0) is 44.7 Å². The number of rotatable bonds is 7. The van der Waals surface area contributed by atoms with Crippen molar-refractivity contribution in [2.24, 2.45) is 15.7 Å². The minimum absolute atomic E-state index is 0.0817. The maximum Gasteiger partial charge on any atom is 0.266 e. The maximum absolute atomic E-state index is 13.1. The number of hydrogen-bond acceptors (Lipinski definition) is 2. The Morgan fingerprint density at radius 1 is 1.32 bits per heavy atom. The van der Waals surface area contributed by atoms with Gasteiger partial charge in [-0.1, -0.05) is 12.2 Å². The number of alkyl halides is 3. The Kier molecular flexibility index (Phi) is 8.56. The van der Waals surface area contributed by atoms with E-state index in [4.69, 9.17) is 17.3 Å². The van der Waals surface area contributed by atoms with E-state index in [9.17, 15) is 8.78 Å². The van der Waals surface area contributed by atoms with E-state index in [2.05, 4.69) is 16.7 Å². The number of allylic oxidation sites excluding steroid dienone is 5. The van der Waals surface area contributed by atoms with Gasteiger partial charge in [-0.15, -0.1) is 11.6 Å². The molecule has 2 N–H and O–H groups in total. The molecule has 0 radical (unpaired) electrons. The van der Waals surface area contributed by atoms with E-state index >= 15 is 0 Å². The molecule has 0 saturated heterocycles. The lowest BCUT2D eigenvalue weighted by Gasteiger charge is -2.12. The normalized spacial score (nSPS) is 16.0. The van der Waals surface area contributed by atoms with Crippen molar-refractivity contribution in [3.05, 3.63) is 46.3 Å². The van der Waals surface area contributed by atoms with Crippen molar-refractivity contribution >= 4 is 24.7 Å². The number of nitrogens with two attached hydrogens (primary N) is 1. The predicted octanol–water partition coefficient (Wildman–Crippen LogP) is 4.62. The molecular weight excluding hydrogens is 308 g/mol. The van der Waals surface area contributed by atoms with Crippen LogP contribution in [-0.4, -0.2) is 24.9 Å². The SMILES string of the molecule is C=N\C=N/C(=C(/C)CCl)C(=C/C)/C(N)=C\C=C(/C)C(C)(F)F. The number of nitrogens with zero attached hydrogens (tertiary/aromatic N) is 2. The highest BCUT2D eigenvalue weighted by atomic mass is 35.5. The Morgan fingerprint density at radius 2 is 1.91 bits per heavy atom. The van der Waals surface area contributed by atoms with Crippen LogP contribution in [0.1, 0.15) is 27.7 Å². The molecule has 0 saturated carbocycles. The van der Waals surface area contributed by atoms with Crippen LogP contribution in [0.5, 0.6) is 0 Å². The van der Waals surface area contributed by atoms with Gasteiger partial charge in [0.1, 0.15) is 6.34 Å². The summed E-state index contributed by atoms with van der Waals surface area (Å²) in [5, 5.41) is 0. The molecule has 22 heavy (non-hydrogen) atoms. The average molecular weight is 330 g/mol. The lowest BCUT2D eigenvalue weighted by Crippen LogP contribution is -2.11. The van der Waals surface area contributed by atoms with Gasteiger partial charge in [-0.3, -0.25) is 4.99 Å². The van der Waals surface area contributed by atoms with Crippen molar-refractivity contribution in [1.82, 2.24) is 0 Å². The largest absolute Gasteiger partial charge is 0.398 e. The van der Waals surface area contributed by atoms with E-state index in [0.29, 0.717) is 17.0 Å². The maximum atomic E-state index is 13.1. The molecule has 6 heteroatoms. The van der Waals surface area contributed by atoms with Crippen LogP contribution in [-0.2, 0) is 0 Å². The molecule has 0 aliphatic heterocycles. The van der Waals surface area contributed by atoms with Crippen molar-refractivity contribution < 1.29 is 8.78 Å². The van der Waals surface area contributed by atoms with Crippen molar-refractivity contribution in [3.8, 4) is 0 Å². The summed E-state index contributed by atoms with van der Waals surface area (Å²) in [6, 6.07) is 0. The summed E-state index contributed by atoms with van der Waals surface area (Å²) in [6.07, 6.45) is 5.75. The molecule has 3 nitrogen and oxygen atoms in total. The summed E-state index contributed by atoms with van der Waals surface area (Å²) in [7, 11) is 0. The Labute approximate surface area is 135 Å². The third-order valence-corrected chi connectivity index (χ3v) is 3.33. The van der Waals surface area contributed by atoms with Gasteiger partial charge in [-0.25, -0.2) is 13.8 Å². The van der Waals surface area contributed by atoms with E-state index < -0.39 is 5.92 Å². The van der Waals surface area contributed by atoms with Crippen LogP contribution in [0.2, 0.25) is 0 Å². The van der Waals surface area contributed by atoms with Crippen LogP contribution in [0.25, 0.3) is 0 Å². The highest BCUT2D eigenvalue weighted by Crippen LogP contribution is 2.24. The molecule has 122 valence electrons. The van der Waals surface area contributed by atoms with E-state index in [1.165, 1.54) is 25.4 Å². The second kappa shape index (κ2) is 9.30. The molecule has 0 atom stereocenters. The molecule has 0 heterocycles. The van der Waals surface area contributed by atoms with E-state index in [0.717, 1.165) is 12.5 Å². The zero-order valence-corrected chi connectivity index (χ0v) is 14.1. The fraction of sp³-hybridized carbons (Fsp3) is 0.375. The molecule has 0 aliphatic rings. The molecule has 0 amide bonds. The lowest BCUT2D eigenvalue weighted by molar-refractivity contribution is 0.0635. The van der Waals surface area contributed by atoms with Crippen LogP contribution in [0.3, 0.4) is 0 Å². The van der Waals surface area contributed by atoms with E-state index in [1.807, 2.05) is 0 Å².